The Bertz CT molecular complexity index is 471. The zero-order chi connectivity index (χ0) is 12.7. The molecule has 17 heavy (non-hydrogen) atoms. The van der Waals surface area contributed by atoms with Gasteiger partial charge in [0.1, 0.15) is 0 Å². The Morgan fingerprint density at radius 1 is 1.18 bits per heavy atom. The molecule has 0 aromatic heterocycles. The molecule has 6 nitrogen and oxygen atoms in total. The zero-order valence-electron chi connectivity index (χ0n) is 8.95. The molecule has 0 heterocycles. The molecule has 88 valence electrons. The van der Waals surface area contributed by atoms with Gasteiger partial charge in [-0.25, -0.2) is 4.79 Å². The van der Waals surface area contributed by atoms with Gasteiger partial charge in [0.15, 0.2) is 0 Å². The molecule has 0 saturated carbocycles. The van der Waals surface area contributed by atoms with Gasteiger partial charge in [-0.05, 0) is 17.2 Å². The lowest BCUT2D eigenvalue weighted by molar-refractivity contribution is -0.131. The van der Waals surface area contributed by atoms with Crippen molar-refractivity contribution < 1.29 is 9.90 Å². The van der Waals surface area contributed by atoms with Crippen molar-refractivity contribution in [3.05, 3.63) is 41.5 Å². The smallest absolute Gasteiger partial charge is 0.328 e. The molecule has 1 aromatic carbocycles. The maximum Gasteiger partial charge on any atom is 0.328 e. The average Bonchev–Trinajstić information content (AvgIpc) is 2.27. The summed E-state index contributed by atoms with van der Waals surface area (Å²) in [5.74, 6) is -1.09. The molecule has 0 spiro atoms. The van der Waals surface area contributed by atoms with Crippen molar-refractivity contribution in [3.63, 3.8) is 0 Å². The van der Waals surface area contributed by atoms with Crippen LogP contribution in [0.3, 0.4) is 0 Å². The fourth-order valence-corrected chi connectivity index (χ4v) is 1.02. The van der Waals surface area contributed by atoms with Crippen LogP contribution in [0.5, 0.6) is 0 Å². The van der Waals surface area contributed by atoms with Gasteiger partial charge in [0.2, 0.25) is 5.96 Å². The van der Waals surface area contributed by atoms with Gasteiger partial charge in [-0.1, -0.05) is 24.3 Å². The summed E-state index contributed by atoms with van der Waals surface area (Å²) in [6, 6.07) is 7.06. The second-order valence-electron chi connectivity index (χ2n) is 3.11. The van der Waals surface area contributed by atoms with Crippen LogP contribution in [0.2, 0.25) is 0 Å². The molecule has 5 N–H and O–H groups in total. The molecule has 0 aliphatic heterocycles. The molecule has 0 atom stereocenters. The number of nitrogens with two attached hydrogens (primary N) is 2. The van der Waals surface area contributed by atoms with E-state index in [1.54, 1.807) is 24.3 Å². The summed E-state index contributed by atoms with van der Waals surface area (Å²) in [6.07, 6.45) is 4.06. The molecule has 1 aromatic rings. The number of hydrogen-bond donors (Lipinski definition) is 3. The number of rotatable bonds is 4. The molecule has 0 saturated heterocycles. The number of benzene rings is 1. The first-order valence-corrected chi connectivity index (χ1v) is 4.71. The van der Waals surface area contributed by atoms with Crippen LogP contribution < -0.4 is 11.5 Å². The van der Waals surface area contributed by atoms with Crippen LogP contribution in [0, 0.1) is 0 Å². The Hall–Kier alpha value is -2.63. The third-order valence-corrected chi connectivity index (χ3v) is 1.73. The summed E-state index contributed by atoms with van der Waals surface area (Å²) in [4.78, 5) is 10.3. The van der Waals surface area contributed by atoms with Crippen molar-refractivity contribution in [2.75, 3.05) is 0 Å². The van der Waals surface area contributed by atoms with Crippen molar-refractivity contribution in [2.24, 2.45) is 21.7 Å². The number of guanidine groups is 1. The Kier molecular flexibility index (Phi) is 4.44. The van der Waals surface area contributed by atoms with Gasteiger partial charge in [-0.15, -0.1) is 5.10 Å². The fraction of sp³-hybridized carbons (Fsp3) is 0. The van der Waals surface area contributed by atoms with Crippen molar-refractivity contribution >= 4 is 24.2 Å². The quantitative estimate of drug-likeness (QED) is 0.301. The van der Waals surface area contributed by atoms with Crippen molar-refractivity contribution in [1.29, 1.82) is 0 Å². The minimum atomic E-state index is -0.983. The molecule has 0 amide bonds. The SMILES string of the molecule is NC(N)=N/N=C/c1ccc(/C=C/C(=O)O)cc1. The second-order valence-corrected chi connectivity index (χ2v) is 3.11. The highest BCUT2D eigenvalue weighted by molar-refractivity contribution is 5.86. The van der Waals surface area contributed by atoms with Crippen LogP contribution in [0.25, 0.3) is 6.08 Å². The van der Waals surface area contributed by atoms with E-state index in [0.29, 0.717) is 0 Å². The van der Waals surface area contributed by atoms with E-state index in [1.165, 1.54) is 12.3 Å². The molecule has 0 fully saturated rings. The van der Waals surface area contributed by atoms with Gasteiger partial charge in [-0.3, -0.25) is 0 Å². The highest BCUT2D eigenvalue weighted by Crippen LogP contribution is 2.04. The van der Waals surface area contributed by atoms with Crippen molar-refractivity contribution in [3.8, 4) is 0 Å². The summed E-state index contributed by atoms with van der Waals surface area (Å²) >= 11 is 0. The van der Waals surface area contributed by atoms with E-state index in [0.717, 1.165) is 17.2 Å². The average molecular weight is 232 g/mol. The molecule has 0 unspecified atom stereocenters. The Labute approximate surface area is 98.0 Å². The van der Waals surface area contributed by atoms with Gasteiger partial charge < -0.3 is 16.6 Å². The van der Waals surface area contributed by atoms with E-state index >= 15 is 0 Å². The molecular weight excluding hydrogens is 220 g/mol. The van der Waals surface area contributed by atoms with E-state index in [9.17, 15) is 4.79 Å². The van der Waals surface area contributed by atoms with Gasteiger partial charge in [0, 0.05) is 6.08 Å². The predicted molar refractivity (Wildman–Crippen MR) is 66.5 cm³/mol. The van der Waals surface area contributed by atoms with Crippen LogP contribution in [0.4, 0.5) is 0 Å². The second kappa shape index (κ2) is 6.06. The zero-order valence-corrected chi connectivity index (χ0v) is 8.95. The summed E-state index contributed by atoms with van der Waals surface area (Å²) in [5.41, 5.74) is 11.8. The lowest BCUT2D eigenvalue weighted by Gasteiger charge is -1.94. The fourth-order valence-electron chi connectivity index (χ4n) is 1.02. The highest BCUT2D eigenvalue weighted by Gasteiger charge is 1.90. The van der Waals surface area contributed by atoms with Gasteiger partial charge >= 0.3 is 5.97 Å². The van der Waals surface area contributed by atoms with E-state index in [-0.39, 0.29) is 5.96 Å². The van der Waals surface area contributed by atoms with Gasteiger partial charge in [0.05, 0.1) is 6.21 Å². The molecule has 0 radical (unpaired) electrons. The number of carboxylic acids is 1. The van der Waals surface area contributed by atoms with Crippen molar-refractivity contribution in [2.45, 2.75) is 0 Å². The third-order valence-electron chi connectivity index (χ3n) is 1.73. The normalized spacial score (nSPS) is 10.8. The van der Waals surface area contributed by atoms with Crippen LogP contribution >= 0.6 is 0 Å². The molecule has 1 rings (SSSR count). The minimum Gasteiger partial charge on any atom is -0.478 e. The molecule has 0 aliphatic carbocycles. The predicted octanol–water partition coefficient (Wildman–Crippen LogP) is 0.392. The summed E-state index contributed by atoms with van der Waals surface area (Å²) in [5, 5.41) is 15.5. The lowest BCUT2D eigenvalue weighted by atomic mass is 10.1. The van der Waals surface area contributed by atoms with Crippen LogP contribution in [0.15, 0.2) is 40.5 Å². The van der Waals surface area contributed by atoms with E-state index < -0.39 is 5.97 Å². The van der Waals surface area contributed by atoms with E-state index in [4.69, 9.17) is 16.6 Å². The van der Waals surface area contributed by atoms with Crippen molar-refractivity contribution in [1.82, 2.24) is 0 Å². The first-order chi connectivity index (χ1) is 8.08. The topological polar surface area (TPSA) is 114 Å². The number of nitrogens with zero attached hydrogens (tertiary/aromatic N) is 2. The van der Waals surface area contributed by atoms with Crippen LogP contribution in [0.1, 0.15) is 11.1 Å². The Balaban J connectivity index is 2.71. The molecule has 0 aliphatic rings. The first-order valence-electron chi connectivity index (χ1n) is 4.71. The molecule has 0 bridgehead atoms. The number of carboxylic acid groups (broad SMARTS) is 1. The summed E-state index contributed by atoms with van der Waals surface area (Å²) < 4.78 is 0. The Morgan fingerprint density at radius 2 is 1.76 bits per heavy atom. The minimum absolute atomic E-state index is 0.109. The largest absolute Gasteiger partial charge is 0.478 e. The van der Waals surface area contributed by atoms with E-state index in [1.807, 2.05) is 0 Å². The third kappa shape index (κ3) is 5.12. The summed E-state index contributed by atoms with van der Waals surface area (Å²) in [7, 11) is 0. The van der Waals surface area contributed by atoms with Crippen LogP contribution in [-0.4, -0.2) is 23.2 Å². The number of hydrogen-bond acceptors (Lipinski definition) is 3. The lowest BCUT2D eigenvalue weighted by Crippen LogP contribution is -2.21. The number of aliphatic carboxylic acids is 1. The maximum absolute atomic E-state index is 10.3. The van der Waals surface area contributed by atoms with E-state index in [2.05, 4.69) is 10.2 Å². The molecular formula is C11H12N4O2. The standard InChI is InChI=1S/C11H12N4O2/c12-11(13)15-14-7-9-3-1-8(2-4-9)5-6-10(16)17/h1-7H,(H,16,17)(H4,12,13,15)/b6-5+,14-7+. The number of carbonyl (C=O) groups is 1. The maximum atomic E-state index is 10.3. The first kappa shape index (κ1) is 12.4. The monoisotopic (exact) mass is 232 g/mol. The van der Waals surface area contributed by atoms with Gasteiger partial charge in [-0.2, -0.15) is 5.10 Å². The summed E-state index contributed by atoms with van der Waals surface area (Å²) in [6.45, 7) is 0. The molecule has 6 heteroatoms. The van der Waals surface area contributed by atoms with Crippen LogP contribution in [-0.2, 0) is 4.79 Å². The Morgan fingerprint density at radius 3 is 2.29 bits per heavy atom. The van der Waals surface area contributed by atoms with Gasteiger partial charge in [0.25, 0.3) is 0 Å². The highest BCUT2D eigenvalue weighted by atomic mass is 16.4.